The first-order valence-corrected chi connectivity index (χ1v) is 9.98. The summed E-state index contributed by atoms with van der Waals surface area (Å²) in [5.41, 5.74) is 2.58. The molecule has 112 valence electrons. The van der Waals surface area contributed by atoms with Gasteiger partial charge in [-0.05, 0) is 30.2 Å². The van der Waals surface area contributed by atoms with Gasteiger partial charge in [0.2, 0.25) is 10.0 Å². The van der Waals surface area contributed by atoms with Crippen LogP contribution in [0.15, 0.2) is 18.2 Å². The highest BCUT2D eigenvalue weighted by Gasteiger charge is 2.18. The van der Waals surface area contributed by atoms with Crippen molar-refractivity contribution in [3.63, 3.8) is 0 Å². The largest absolute Gasteiger partial charge is 0.312 e. The fourth-order valence-corrected chi connectivity index (χ4v) is 4.81. The average molecular weight is 318 g/mol. The first-order chi connectivity index (χ1) is 9.27. The molecule has 0 aromatic heterocycles. The molecular formula is C12H18N2O4S2. The summed E-state index contributed by atoms with van der Waals surface area (Å²) >= 11 is 0. The molecule has 0 saturated carbocycles. The van der Waals surface area contributed by atoms with E-state index in [0.717, 1.165) is 30.3 Å². The van der Waals surface area contributed by atoms with Crippen LogP contribution in [0.5, 0.6) is 0 Å². The lowest BCUT2D eigenvalue weighted by Gasteiger charge is -2.21. The minimum Gasteiger partial charge on any atom is -0.312 e. The van der Waals surface area contributed by atoms with Gasteiger partial charge >= 0.3 is 0 Å². The number of sulfone groups is 1. The third-order valence-corrected chi connectivity index (χ3v) is 5.61. The molecule has 0 amide bonds. The first-order valence-electron chi connectivity index (χ1n) is 6.26. The van der Waals surface area contributed by atoms with Gasteiger partial charge in [-0.25, -0.2) is 16.8 Å². The molecule has 0 unspecified atom stereocenters. The topological polar surface area (TPSA) is 92.3 Å². The molecule has 0 bridgehead atoms. The Bertz CT molecular complexity index is 696. The van der Waals surface area contributed by atoms with Gasteiger partial charge in [0.05, 0.1) is 17.2 Å². The molecule has 0 aliphatic carbocycles. The molecule has 0 fully saturated rings. The number of nitrogens with one attached hydrogen (secondary N) is 2. The molecule has 6 nitrogen and oxygen atoms in total. The first kappa shape index (κ1) is 15.3. The minimum absolute atomic E-state index is 0.379. The predicted molar refractivity (Wildman–Crippen MR) is 79.0 cm³/mol. The fourth-order valence-electron chi connectivity index (χ4n) is 2.09. The van der Waals surface area contributed by atoms with Crippen LogP contribution < -0.4 is 10.0 Å². The number of sulfonamides is 1. The summed E-state index contributed by atoms with van der Waals surface area (Å²) < 4.78 is 48.5. The SMILES string of the molecule is CS(=O)(=O)CCS(=O)(=O)Nc1cccc2c1CNCC2. The monoisotopic (exact) mass is 318 g/mol. The van der Waals surface area contributed by atoms with E-state index < -0.39 is 25.6 Å². The Labute approximate surface area is 119 Å². The second-order valence-electron chi connectivity index (χ2n) is 4.92. The maximum Gasteiger partial charge on any atom is 0.233 e. The molecule has 8 heteroatoms. The molecule has 0 saturated heterocycles. The molecule has 1 heterocycles. The molecule has 2 rings (SSSR count). The van der Waals surface area contributed by atoms with Crippen LogP contribution in [-0.2, 0) is 32.8 Å². The fraction of sp³-hybridized carbons (Fsp3) is 0.500. The van der Waals surface area contributed by atoms with E-state index in [2.05, 4.69) is 10.0 Å². The summed E-state index contributed by atoms with van der Waals surface area (Å²) in [6.07, 6.45) is 1.88. The highest BCUT2D eigenvalue weighted by Crippen LogP contribution is 2.23. The zero-order valence-electron chi connectivity index (χ0n) is 11.2. The van der Waals surface area contributed by atoms with Crippen LogP contribution in [0.2, 0.25) is 0 Å². The van der Waals surface area contributed by atoms with Crippen LogP contribution in [0, 0.1) is 0 Å². The number of benzene rings is 1. The summed E-state index contributed by atoms with van der Waals surface area (Å²) in [7, 11) is -6.96. The van der Waals surface area contributed by atoms with Crippen molar-refractivity contribution >= 4 is 25.5 Å². The van der Waals surface area contributed by atoms with Crippen LogP contribution >= 0.6 is 0 Å². The third-order valence-electron chi connectivity index (χ3n) is 3.13. The molecule has 0 radical (unpaired) electrons. The lowest BCUT2D eigenvalue weighted by atomic mass is 10.00. The molecule has 1 aliphatic heterocycles. The van der Waals surface area contributed by atoms with E-state index in [1.165, 1.54) is 0 Å². The minimum atomic E-state index is -3.66. The number of anilines is 1. The lowest BCUT2D eigenvalue weighted by molar-refractivity contribution is 0.593. The molecule has 1 aromatic rings. The van der Waals surface area contributed by atoms with E-state index >= 15 is 0 Å². The van der Waals surface area contributed by atoms with Gasteiger partial charge in [0.1, 0.15) is 9.84 Å². The normalized spacial score (nSPS) is 15.7. The second-order valence-corrected chi connectivity index (χ2v) is 9.02. The molecular weight excluding hydrogens is 300 g/mol. The maximum atomic E-state index is 11.9. The van der Waals surface area contributed by atoms with Gasteiger partial charge in [0.25, 0.3) is 0 Å². The Morgan fingerprint density at radius 2 is 1.95 bits per heavy atom. The number of rotatable bonds is 5. The van der Waals surface area contributed by atoms with Crippen molar-refractivity contribution in [2.24, 2.45) is 0 Å². The quantitative estimate of drug-likeness (QED) is 0.804. The van der Waals surface area contributed by atoms with Gasteiger partial charge < -0.3 is 5.32 Å². The van der Waals surface area contributed by atoms with Crippen LogP contribution in [-0.4, -0.2) is 41.1 Å². The summed E-state index contributed by atoms with van der Waals surface area (Å²) in [6, 6.07) is 5.48. The third kappa shape index (κ3) is 4.19. The van der Waals surface area contributed by atoms with Crippen molar-refractivity contribution in [3.8, 4) is 0 Å². The van der Waals surface area contributed by atoms with E-state index in [1.54, 1.807) is 12.1 Å². The molecule has 0 spiro atoms. The van der Waals surface area contributed by atoms with Crippen LogP contribution in [0.1, 0.15) is 11.1 Å². The summed E-state index contributed by atoms with van der Waals surface area (Å²) in [5, 5.41) is 3.19. The molecule has 20 heavy (non-hydrogen) atoms. The summed E-state index contributed by atoms with van der Waals surface area (Å²) in [4.78, 5) is 0. The predicted octanol–water partition coefficient (Wildman–Crippen LogP) is 0.119. The zero-order chi connectivity index (χ0) is 14.8. The molecule has 1 aliphatic rings. The van der Waals surface area contributed by atoms with Crippen LogP contribution in [0.3, 0.4) is 0 Å². The van der Waals surface area contributed by atoms with Gasteiger partial charge in [-0.15, -0.1) is 0 Å². The molecule has 0 atom stereocenters. The standard InChI is InChI=1S/C12H18N2O4S2/c1-19(15,16)7-8-20(17,18)14-12-4-2-3-10-5-6-13-9-11(10)12/h2-4,13-14H,5-9H2,1H3. The van der Waals surface area contributed by atoms with E-state index in [9.17, 15) is 16.8 Å². The summed E-state index contributed by atoms with van der Waals surface area (Å²) in [6.45, 7) is 1.48. The van der Waals surface area contributed by atoms with Gasteiger partial charge in [0.15, 0.2) is 0 Å². The lowest BCUT2D eigenvalue weighted by Crippen LogP contribution is -2.27. The Hall–Kier alpha value is -1.12. The Balaban J connectivity index is 2.17. The van der Waals surface area contributed by atoms with E-state index in [1.807, 2.05) is 6.07 Å². The number of hydrogen-bond donors (Lipinski definition) is 2. The number of hydrogen-bond acceptors (Lipinski definition) is 5. The van der Waals surface area contributed by atoms with E-state index in [-0.39, 0.29) is 5.75 Å². The molecule has 1 aromatic carbocycles. The van der Waals surface area contributed by atoms with Crippen molar-refractivity contribution in [2.75, 3.05) is 29.0 Å². The van der Waals surface area contributed by atoms with Gasteiger partial charge in [-0.2, -0.15) is 0 Å². The summed E-state index contributed by atoms with van der Waals surface area (Å²) in [5.74, 6) is -0.807. The van der Waals surface area contributed by atoms with Crippen molar-refractivity contribution in [1.82, 2.24) is 5.32 Å². The van der Waals surface area contributed by atoms with E-state index in [4.69, 9.17) is 0 Å². The van der Waals surface area contributed by atoms with Crippen LogP contribution in [0.25, 0.3) is 0 Å². The Kier molecular flexibility index (Phi) is 4.36. The Morgan fingerprint density at radius 3 is 2.65 bits per heavy atom. The highest BCUT2D eigenvalue weighted by atomic mass is 32.2. The second kappa shape index (κ2) is 5.71. The molecule has 2 N–H and O–H groups in total. The van der Waals surface area contributed by atoms with E-state index in [0.29, 0.717) is 12.2 Å². The van der Waals surface area contributed by atoms with Gasteiger partial charge in [-0.3, -0.25) is 4.72 Å². The average Bonchev–Trinajstić information content (AvgIpc) is 2.36. The van der Waals surface area contributed by atoms with Gasteiger partial charge in [-0.1, -0.05) is 12.1 Å². The van der Waals surface area contributed by atoms with Crippen molar-refractivity contribution in [1.29, 1.82) is 0 Å². The highest BCUT2D eigenvalue weighted by molar-refractivity contribution is 7.95. The van der Waals surface area contributed by atoms with Crippen molar-refractivity contribution in [3.05, 3.63) is 29.3 Å². The maximum absolute atomic E-state index is 11.9. The van der Waals surface area contributed by atoms with Crippen LogP contribution in [0.4, 0.5) is 5.69 Å². The van der Waals surface area contributed by atoms with Crippen molar-refractivity contribution in [2.45, 2.75) is 13.0 Å². The smallest absolute Gasteiger partial charge is 0.233 e. The number of fused-ring (bicyclic) bond motifs is 1. The Morgan fingerprint density at radius 1 is 1.20 bits per heavy atom. The zero-order valence-corrected chi connectivity index (χ0v) is 12.9. The van der Waals surface area contributed by atoms with Crippen molar-refractivity contribution < 1.29 is 16.8 Å². The van der Waals surface area contributed by atoms with Gasteiger partial charge in [0, 0.05) is 12.8 Å².